The van der Waals surface area contributed by atoms with Gasteiger partial charge in [0.2, 0.25) is 5.91 Å². The molecule has 82 heavy (non-hydrogen) atoms. The first kappa shape index (κ1) is 66.7. The first-order chi connectivity index (χ1) is 38.4. The molecule has 2 heterocycles. The highest BCUT2D eigenvalue weighted by Crippen LogP contribution is 2.46. The van der Waals surface area contributed by atoms with Crippen LogP contribution in [0.15, 0.2) is 107 Å². The summed E-state index contributed by atoms with van der Waals surface area (Å²) in [5, 5.41) is 23.6. The zero-order valence-corrected chi connectivity index (χ0v) is 52.5. The summed E-state index contributed by atoms with van der Waals surface area (Å²) in [5.41, 5.74) is 0.0913. The molecule has 4 aromatic rings. The van der Waals surface area contributed by atoms with E-state index in [-0.39, 0.29) is 62.3 Å². The Balaban J connectivity index is 1.38. The van der Waals surface area contributed by atoms with E-state index in [2.05, 4.69) is 89.0 Å². The minimum atomic E-state index is -2.80. The summed E-state index contributed by atoms with van der Waals surface area (Å²) < 4.78 is 45.9. The third-order valence-corrected chi connectivity index (χ3v) is 24.1. The number of alkyl carbamates (subject to hydrolysis) is 2. The van der Waals surface area contributed by atoms with Crippen molar-refractivity contribution in [3.8, 4) is 5.75 Å². The highest BCUT2D eigenvalue weighted by Gasteiger charge is 2.58. The number of unbranched alkanes of at least 4 members (excludes halogenated alkanes) is 1. The number of aliphatic hydroxyl groups is 1. The van der Waals surface area contributed by atoms with Gasteiger partial charge in [0.05, 0.1) is 13.7 Å². The van der Waals surface area contributed by atoms with Crippen LogP contribution < -0.4 is 37.3 Å². The van der Waals surface area contributed by atoms with Crippen molar-refractivity contribution in [2.75, 3.05) is 26.7 Å². The summed E-state index contributed by atoms with van der Waals surface area (Å²) in [6.45, 7) is 26.4. The van der Waals surface area contributed by atoms with Crippen LogP contribution in [0.3, 0.4) is 0 Å². The summed E-state index contributed by atoms with van der Waals surface area (Å²) in [6.07, 6.45) is -4.91. The lowest BCUT2D eigenvalue weighted by molar-refractivity contribution is -0.166. The summed E-state index contributed by atoms with van der Waals surface area (Å²) in [4.78, 5) is 82.0. The molecule has 1 saturated heterocycles. The highest BCUT2D eigenvalue weighted by atomic mass is 28.4. The third-order valence-electron chi connectivity index (χ3n) is 15.1. The molecular formula is C60H90N6O14Si2. The van der Waals surface area contributed by atoms with Crippen molar-refractivity contribution in [3.63, 3.8) is 0 Å². The van der Waals surface area contributed by atoms with Gasteiger partial charge in [0.25, 0.3) is 5.56 Å². The molecule has 3 aromatic carbocycles. The van der Waals surface area contributed by atoms with Gasteiger partial charge >= 0.3 is 23.8 Å². The number of rotatable bonds is 27. The second kappa shape index (κ2) is 29.4. The van der Waals surface area contributed by atoms with Gasteiger partial charge in [0.1, 0.15) is 61.1 Å². The van der Waals surface area contributed by atoms with Gasteiger partial charge in [-0.25, -0.2) is 14.4 Å². The molecular weight excluding hydrogens is 1080 g/mol. The van der Waals surface area contributed by atoms with Crippen LogP contribution >= 0.6 is 0 Å². The van der Waals surface area contributed by atoms with Crippen LogP contribution in [0.1, 0.15) is 111 Å². The van der Waals surface area contributed by atoms with Gasteiger partial charge in [-0.05, 0) is 118 Å². The fourth-order valence-electron chi connectivity index (χ4n) is 8.43. The van der Waals surface area contributed by atoms with E-state index in [4.69, 9.17) is 32.5 Å². The Labute approximate surface area is 485 Å². The average Bonchev–Trinajstić information content (AvgIpc) is 3.77. The molecule has 452 valence electrons. The Hall–Kier alpha value is -6.15. The van der Waals surface area contributed by atoms with Gasteiger partial charge in [-0.15, -0.1) is 0 Å². The van der Waals surface area contributed by atoms with E-state index < -0.39 is 100 Å². The van der Waals surface area contributed by atoms with Crippen LogP contribution in [-0.4, -0.2) is 124 Å². The quantitative estimate of drug-likeness (QED) is 0.0163. The maximum absolute atomic E-state index is 14.7. The van der Waals surface area contributed by atoms with E-state index in [0.717, 1.165) is 15.7 Å². The maximum Gasteiger partial charge on any atom is 0.408 e. The predicted molar refractivity (Wildman–Crippen MR) is 318 cm³/mol. The number of carbonyl (C=O) groups is 4. The fourth-order valence-corrected chi connectivity index (χ4v) is 11.0. The smallest absolute Gasteiger partial charge is 0.408 e. The van der Waals surface area contributed by atoms with Crippen molar-refractivity contribution in [1.82, 2.24) is 30.4 Å². The van der Waals surface area contributed by atoms with Gasteiger partial charge < -0.3 is 58.9 Å². The Morgan fingerprint density at radius 1 is 0.671 bits per heavy atom. The standard InChI is InChI=1S/C60H90N6O14Si2/c1-58(2,3)78-54(70)47(61-35-23-36-62-52(69)45(64-56(72)76-40-43-26-19-16-20-27-43)28-21-22-34-63-55(71)75-39-42-24-17-15-18-25-42)48(68)49-50(79-81(11,12)59(4,5)6)51(80-82(13,14)60(7,8)9)53(77-49)65-37-33-46(67)66(57(65)73)38-41-29-31-44(74-10)32-30-41/h15-20,24-27,29-33,37,45,47-51,53,61,68H,21-23,28,34-36,38-40H2,1-14H3,(H,62,69)(H,63,71)(H,64,72)/t45-,47-,48+,49?,50+,51+,53+/m0/s1. The van der Waals surface area contributed by atoms with E-state index in [1.165, 1.54) is 16.8 Å². The van der Waals surface area contributed by atoms with Gasteiger partial charge in [0.15, 0.2) is 22.9 Å². The topological polar surface area (TPSA) is 245 Å². The number of methoxy groups -OCH3 is 1. The SMILES string of the molecule is COc1ccc(Cn2c(=O)ccn([C@@H]3OC([C@H](O)[C@H](NCCCNC(=O)[C@H](CCCCNC(=O)OCc4ccccc4)NC(=O)OCc4ccccc4)C(=O)OC(C)(C)C)[C@@H](O[Si](C)(C)C(C)(C)C)[C@H]3O[Si](C)(C)C(C)(C)C)c2=O)cc1. The molecule has 0 bridgehead atoms. The average molecular weight is 1180 g/mol. The zero-order valence-electron chi connectivity index (χ0n) is 50.5. The molecule has 0 spiro atoms. The van der Waals surface area contributed by atoms with Crippen LogP contribution in [0.2, 0.25) is 36.3 Å². The molecule has 7 atom stereocenters. The van der Waals surface area contributed by atoms with E-state index in [1.807, 2.05) is 60.7 Å². The number of aromatic nitrogens is 2. The van der Waals surface area contributed by atoms with E-state index in [0.29, 0.717) is 24.2 Å². The van der Waals surface area contributed by atoms with Crippen LogP contribution in [0.4, 0.5) is 9.59 Å². The number of hydrogen-bond donors (Lipinski definition) is 5. The van der Waals surface area contributed by atoms with Gasteiger partial charge in [-0.2, -0.15) is 0 Å². The second-order valence-electron chi connectivity index (χ2n) is 24.8. The number of hydrogen-bond acceptors (Lipinski definition) is 15. The molecule has 1 fully saturated rings. The molecule has 1 unspecified atom stereocenters. The number of benzene rings is 3. The Kier molecular flexibility index (Phi) is 23.9. The monoisotopic (exact) mass is 1170 g/mol. The number of nitrogens with one attached hydrogen (secondary N) is 4. The third kappa shape index (κ3) is 19.5. The Bertz CT molecular complexity index is 2810. The number of carbonyl (C=O) groups excluding carboxylic acids is 4. The molecule has 5 N–H and O–H groups in total. The Morgan fingerprint density at radius 2 is 1.22 bits per heavy atom. The van der Waals surface area contributed by atoms with Gasteiger partial charge in [-0.3, -0.25) is 23.5 Å². The molecule has 3 amide bonds. The van der Waals surface area contributed by atoms with Crippen LogP contribution in [0.25, 0.3) is 0 Å². The van der Waals surface area contributed by atoms with Gasteiger partial charge in [-0.1, -0.05) is 114 Å². The summed E-state index contributed by atoms with van der Waals surface area (Å²) in [7, 11) is -4.04. The fraction of sp³-hybridized carbons (Fsp3) is 0.567. The molecule has 20 nitrogen and oxygen atoms in total. The molecule has 0 aliphatic carbocycles. The number of esters is 1. The predicted octanol–water partition coefficient (Wildman–Crippen LogP) is 8.30. The molecule has 1 aliphatic rings. The number of ether oxygens (including phenoxy) is 5. The molecule has 5 rings (SSSR count). The second-order valence-corrected chi connectivity index (χ2v) is 34.3. The van der Waals surface area contributed by atoms with E-state index >= 15 is 0 Å². The number of nitrogens with zero attached hydrogens (tertiary/aromatic N) is 2. The molecule has 0 saturated carbocycles. The summed E-state index contributed by atoms with van der Waals surface area (Å²) >= 11 is 0. The lowest BCUT2D eigenvalue weighted by Gasteiger charge is -2.44. The van der Waals surface area contributed by atoms with Crippen molar-refractivity contribution in [1.29, 1.82) is 0 Å². The molecule has 22 heteroatoms. The molecule has 0 radical (unpaired) electrons. The summed E-state index contributed by atoms with van der Waals surface area (Å²) in [5.74, 6) is -0.655. The van der Waals surface area contributed by atoms with Crippen LogP contribution in [0.5, 0.6) is 5.75 Å². The highest BCUT2D eigenvalue weighted by molar-refractivity contribution is 6.74. The molecule has 1 aromatic heterocycles. The largest absolute Gasteiger partial charge is 0.497 e. The van der Waals surface area contributed by atoms with Crippen molar-refractivity contribution in [2.45, 2.75) is 192 Å². The first-order valence-electron chi connectivity index (χ1n) is 28.2. The first-order valence-corrected chi connectivity index (χ1v) is 34.0. The van der Waals surface area contributed by atoms with Crippen molar-refractivity contribution >= 4 is 40.7 Å². The van der Waals surface area contributed by atoms with Crippen molar-refractivity contribution < 1.29 is 56.8 Å². The van der Waals surface area contributed by atoms with E-state index in [9.17, 15) is 33.9 Å². The van der Waals surface area contributed by atoms with Gasteiger partial charge in [0, 0.05) is 25.4 Å². The van der Waals surface area contributed by atoms with Crippen LogP contribution in [-0.2, 0) is 57.1 Å². The molecule has 1 aliphatic heterocycles. The normalized spacial score (nSPS) is 17.9. The lowest BCUT2D eigenvalue weighted by atomic mass is 9.99. The minimum Gasteiger partial charge on any atom is -0.497 e. The maximum atomic E-state index is 14.7. The van der Waals surface area contributed by atoms with E-state index in [1.54, 1.807) is 52.1 Å². The lowest BCUT2D eigenvalue weighted by Crippen LogP contribution is -2.59. The van der Waals surface area contributed by atoms with Crippen molar-refractivity contribution in [2.24, 2.45) is 0 Å². The Morgan fingerprint density at radius 3 is 1.77 bits per heavy atom. The zero-order chi connectivity index (χ0) is 60.6. The number of amides is 3. The van der Waals surface area contributed by atoms with Crippen molar-refractivity contribution in [3.05, 3.63) is 135 Å². The van der Waals surface area contributed by atoms with Crippen LogP contribution in [0, 0.1) is 0 Å². The minimum absolute atomic E-state index is 0.00913. The number of aliphatic hydroxyl groups excluding tert-OH is 1. The summed E-state index contributed by atoms with van der Waals surface area (Å²) in [6, 6.07) is 24.3.